The van der Waals surface area contributed by atoms with Crippen molar-refractivity contribution >= 4 is 17.7 Å². The molecule has 0 saturated carbocycles. The number of hydrogen-bond donors (Lipinski definition) is 1. The van der Waals surface area contributed by atoms with Gasteiger partial charge in [-0.05, 0) is 6.42 Å². The number of likely N-dealkylation sites (N-methyl/N-ethyl adjacent to an activating group) is 1. The van der Waals surface area contributed by atoms with Gasteiger partial charge in [0.2, 0.25) is 17.7 Å². The molecule has 2 aliphatic rings. The number of nitrogens with zero attached hydrogens (tertiary/aromatic N) is 2. The monoisotopic (exact) mass is 269 g/mol. The molecule has 7 heteroatoms. The summed E-state index contributed by atoms with van der Waals surface area (Å²) in [6.07, 6.45) is 0.796. The Labute approximate surface area is 111 Å². The van der Waals surface area contributed by atoms with Crippen molar-refractivity contribution in [1.82, 2.24) is 15.1 Å². The summed E-state index contributed by atoms with van der Waals surface area (Å²) in [4.78, 5) is 37.9. The number of morpholine rings is 1. The Bertz CT molecular complexity index is 379. The third-order valence-corrected chi connectivity index (χ3v) is 3.51. The van der Waals surface area contributed by atoms with E-state index in [0.717, 1.165) is 4.90 Å². The fourth-order valence-electron chi connectivity index (χ4n) is 2.24. The van der Waals surface area contributed by atoms with Gasteiger partial charge in [0.25, 0.3) is 0 Å². The first-order chi connectivity index (χ1) is 9.09. The van der Waals surface area contributed by atoms with Gasteiger partial charge < -0.3 is 9.64 Å². The first-order valence-electron chi connectivity index (χ1n) is 6.49. The standard InChI is InChI=1S/C12H19N3O4/c1-14-10(16)3-2-9(12(14)18)13-8-11(17)15-4-6-19-7-5-15/h9,13H,2-8H2,1H3. The van der Waals surface area contributed by atoms with Gasteiger partial charge >= 0.3 is 0 Å². The van der Waals surface area contributed by atoms with Crippen molar-refractivity contribution < 1.29 is 19.1 Å². The minimum atomic E-state index is -0.437. The molecule has 2 fully saturated rings. The average Bonchev–Trinajstić information content (AvgIpc) is 2.45. The molecule has 0 aromatic carbocycles. The number of rotatable bonds is 3. The quantitative estimate of drug-likeness (QED) is 0.636. The highest BCUT2D eigenvalue weighted by atomic mass is 16.5. The van der Waals surface area contributed by atoms with Crippen LogP contribution in [0.2, 0.25) is 0 Å². The van der Waals surface area contributed by atoms with Gasteiger partial charge in [0.1, 0.15) is 0 Å². The molecular weight excluding hydrogens is 250 g/mol. The van der Waals surface area contributed by atoms with Crippen molar-refractivity contribution in [3.05, 3.63) is 0 Å². The van der Waals surface area contributed by atoms with Gasteiger partial charge in [-0.3, -0.25) is 24.6 Å². The number of likely N-dealkylation sites (tertiary alicyclic amines) is 1. The summed E-state index contributed by atoms with van der Waals surface area (Å²) in [6, 6.07) is -0.437. The van der Waals surface area contributed by atoms with Crippen LogP contribution in [0.15, 0.2) is 0 Å². The minimum Gasteiger partial charge on any atom is -0.378 e. The van der Waals surface area contributed by atoms with E-state index in [1.54, 1.807) is 4.90 Å². The van der Waals surface area contributed by atoms with Crippen molar-refractivity contribution in [2.24, 2.45) is 0 Å². The first-order valence-corrected chi connectivity index (χ1v) is 6.49. The molecule has 2 aliphatic heterocycles. The molecule has 2 heterocycles. The van der Waals surface area contributed by atoms with Crippen LogP contribution in [0.4, 0.5) is 0 Å². The van der Waals surface area contributed by atoms with E-state index in [0.29, 0.717) is 39.1 Å². The summed E-state index contributed by atoms with van der Waals surface area (Å²) in [7, 11) is 1.47. The third-order valence-electron chi connectivity index (χ3n) is 3.51. The summed E-state index contributed by atoms with van der Waals surface area (Å²) in [6.45, 7) is 2.43. The van der Waals surface area contributed by atoms with Gasteiger partial charge in [0, 0.05) is 26.6 Å². The van der Waals surface area contributed by atoms with E-state index in [9.17, 15) is 14.4 Å². The topological polar surface area (TPSA) is 79.0 Å². The maximum absolute atomic E-state index is 11.9. The number of carbonyl (C=O) groups is 3. The number of hydrogen-bond acceptors (Lipinski definition) is 5. The zero-order chi connectivity index (χ0) is 13.8. The van der Waals surface area contributed by atoms with Crippen molar-refractivity contribution in [3.63, 3.8) is 0 Å². The highest BCUT2D eigenvalue weighted by Gasteiger charge is 2.32. The molecule has 7 nitrogen and oxygen atoms in total. The van der Waals surface area contributed by atoms with E-state index in [4.69, 9.17) is 4.74 Å². The van der Waals surface area contributed by atoms with E-state index in [1.165, 1.54) is 7.05 Å². The van der Waals surface area contributed by atoms with Crippen LogP contribution in [-0.2, 0) is 19.1 Å². The van der Waals surface area contributed by atoms with E-state index in [2.05, 4.69) is 5.32 Å². The van der Waals surface area contributed by atoms with Gasteiger partial charge in [-0.25, -0.2) is 0 Å². The van der Waals surface area contributed by atoms with Crippen LogP contribution in [0.5, 0.6) is 0 Å². The molecule has 0 aromatic rings. The van der Waals surface area contributed by atoms with Crippen LogP contribution >= 0.6 is 0 Å². The van der Waals surface area contributed by atoms with E-state index >= 15 is 0 Å². The Hall–Kier alpha value is -1.47. The molecule has 0 radical (unpaired) electrons. The summed E-state index contributed by atoms with van der Waals surface area (Å²) in [5.41, 5.74) is 0. The van der Waals surface area contributed by atoms with E-state index in [-0.39, 0.29) is 24.3 Å². The number of amides is 3. The van der Waals surface area contributed by atoms with Crippen LogP contribution in [0.25, 0.3) is 0 Å². The summed E-state index contributed by atoms with van der Waals surface area (Å²) >= 11 is 0. The molecule has 0 spiro atoms. The van der Waals surface area contributed by atoms with Gasteiger partial charge in [-0.2, -0.15) is 0 Å². The Balaban J connectivity index is 1.80. The Morgan fingerprint density at radius 3 is 2.74 bits per heavy atom. The van der Waals surface area contributed by atoms with Crippen LogP contribution in [0.1, 0.15) is 12.8 Å². The average molecular weight is 269 g/mol. The summed E-state index contributed by atoms with van der Waals surface area (Å²) in [5, 5.41) is 2.94. The normalized spacial score (nSPS) is 24.8. The van der Waals surface area contributed by atoms with Crippen molar-refractivity contribution in [2.75, 3.05) is 39.9 Å². The summed E-state index contributed by atoms with van der Waals surface area (Å²) < 4.78 is 5.17. The maximum atomic E-state index is 11.9. The second-order valence-electron chi connectivity index (χ2n) is 4.76. The van der Waals surface area contributed by atoms with Gasteiger partial charge in [0.15, 0.2) is 0 Å². The molecule has 2 rings (SSSR count). The lowest BCUT2D eigenvalue weighted by atomic mass is 10.0. The zero-order valence-electron chi connectivity index (χ0n) is 11.1. The molecule has 0 aliphatic carbocycles. The Morgan fingerprint density at radius 1 is 1.37 bits per heavy atom. The molecule has 0 bridgehead atoms. The minimum absolute atomic E-state index is 0.0318. The van der Waals surface area contributed by atoms with Crippen molar-refractivity contribution in [3.8, 4) is 0 Å². The Morgan fingerprint density at radius 2 is 2.05 bits per heavy atom. The molecule has 0 aromatic heterocycles. The third kappa shape index (κ3) is 3.30. The number of piperidine rings is 1. The second-order valence-corrected chi connectivity index (χ2v) is 4.76. The lowest BCUT2D eigenvalue weighted by Crippen LogP contribution is -2.54. The predicted molar refractivity (Wildman–Crippen MR) is 66.2 cm³/mol. The molecule has 19 heavy (non-hydrogen) atoms. The maximum Gasteiger partial charge on any atom is 0.246 e. The number of nitrogens with one attached hydrogen (secondary N) is 1. The van der Waals surface area contributed by atoms with Crippen LogP contribution in [-0.4, -0.2) is 73.5 Å². The van der Waals surface area contributed by atoms with Crippen LogP contribution in [0.3, 0.4) is 0 Å². The highest BCUT2D eigenvalue weighted by Crippen LogP contribution is 2.11. The SMILES string of the molecule is CN1C(=O)CCC(NCC(=O)N2CCOCC2)C1=O. The second kappa shape index (κ2) is 6.12. The fraction of sp³-hybridized carbons (Fsp3) is 0.750. The Kier molecular flexibility index (Phi) is 4.49. The van der Waals surface area contributed by atoms with Crippen molar-refractivity contribution in [2.45, 2.75) is 18.9 Å². The molecule has 2 saturated heterocycles. The number of carbonyl (C=O) groups excluding carboxylic acids is 3. The molecule has 1 N–H and O–H groups in total. The lowest BCUT2D eigenvalue weighted by molar-refractivity contribution is -0.148. The van der Waals surface area contributed by atoms with Gasteiger partial charge in [-0.1, -0.05) is 0 Å². The smallest absolute Gasteiger partial charge is 0.246 e. The van der Waals surface area contributed by atoms with Gasteiger partial charge in [-0.15, -0.1) is 0 Å². The molecular formula is C12H19N3O4. The van der Waals surface area contributed by atoms with E-state index in [1.807, 2.05) is 0 Å². The van der Waals surface area contributed by atoms with Crippen LogP contribution < -0.4 is 5.32 Å². The highest BCUT2D eigenvalue weighted by molar-refractivity contribution is 6.00. The van der Waals surface area contributed by atoms with Gasteiger partial charge in [0.05, 0.1) is 25.8 Å². The number of imide groups is 1. The summed E-state index contributed by atoms with van der Waals surface area (Å²) in [5.74, 6) is -0.454. The zero-order valence-corrected chi connectivity index (χ0v) is 11.1. The fourth-order valence-corrected chi connectivity index (χ4v) is 2.24. The van der Waals surface area contributed by atoms with Crippen molar-refractivity contribution in [1.29, 1.82) is 0 Å². The molecule has 1 atom stereocenters. The molecule has 3 amide bonds. The first kappa shape index (κ1) is 14.0. The lowest BCUT2D eigenvalue weighted by Gasteiger charge is -2.30. The van der Waals surface area contributed by atoms with Crippen LogP contribution in [0, 0.1) is 0 Å². The molecule has 1 unspecified atom stereocenters. The number of ether oxygens (including phenoxy) is 1. The molecule has 106 valence electrons. The van der Waals surface area contributed by atoms with E-state index < -0.39 is 6.04 Å². The largest absolute Gasteiger partial charge is 0.378 e. The predicted octanol–water partition coefficient (Wildman–Crippen LogP) is -1.42.